The molecule has 2 aliphatic heterocycles. The number of hydrogen-bond acceptors (Lipinski definition) is 3. The summed E-state index contributed by atoms with van der Waals surface area (Å²) in [5, 5.41) is 2.82. The number of nitrogens with one attached hydrogen (secondary N) is 1. The lowest BCUT2D eigenvalue weighted by Crippen LogP contribution is -2.63. The van der Waals surface area contributed by atoms with Gasteiger partial charge in [0.05, 0.1) is 5.41 Å². The second kappa shape index (κ2) is 4.05. The van der Waals surface area contributed by atoms with Gasteiger partial charge in [-0.05, 0) is 26.7 Å². The third-order valence-electron chi connectivity index (χ3n) is 3.44. The molecule has 5 nitrogen and oxygen atoms in total. The Morgan fingerprint density at radius 3 is 2.50 bits per heavy atom. The maximum Gasteiger partial charge on any atom is 0.324 e. The highest BCUT2D eigenvalue weighted by Gasteiger charge is 2.48. The third kappa shape index (κ3) is 1.69. The van der Waals surface area contributed by atoms with Crippen molar-refractivity contribution in [3.8, 4) is 0 Å². The van der Waals surface area contributed by atoms with Crippen molar-refractivity contribution in [1.29, 1.82) is 0 Å². The van der Waals surface area contributed by atoms with E-state index < -0.39 is 5.41 Å². The van der Waals surface area contributed by atoms with Crippen LogP contribution in [-0.4, -0.2) is 42.6 Å². The van der Waals surface area contributed by atoms with Crippen LogP contribution in [0.1, 0.15) is 26.7 Å². The van der Waals surface area contributed by atoms with Crippen LogP contribution < -0.4 is 5.32 Å². The Morgan fingerprint density at radius 2 is 1.94 bits per heavy atom. The first-order valence-electron chi connectivity index (χ1n) is 5.76. The summed E-state index contributed by atoms with van der Waals surface area (Å²) in [5.74, 6) is -0.0328. The molecule has 0 saturated carbocycles. The number of rotatable bonds is 1. The molecule has 2 heterocycles. The Bertz CT molecular complexity index is 308. The zero-order valence-corrected chi connectivity index (χ0v) is 9.78. The van der Waals surface area contributed by atoms with Gasteiger partial charge in [-0.3, -0.25) is 9.69 Å². The highest BCUT2D eigenvalue weighted by molar-refractivity contribution is 6.00. The van der Waals surface area contributed by atoms with E-state index in [0.29, 0.717) is 32.6 Å². The zero-order chi connectivity index (χ0) is 11.8. The van der Waals surface area contributed by atoms with Gasteiger partial charge in [0.2, 0.25) is 5.91 Å². The van der Waals surface area contributed by atoms with E-state index >= 15 is 0 Å². The van der Waals surface area contributed by atoms with Crippen molar-refractivity contribution in [2.75, 3.05) is 19.8 Å². The van der Waals surface area contributed by atoms with Crippen molar-refractivity contribution in [1.82, 2.24) is 10.2 Å². The molecule has 16 heavy (non-hydrogen) atoms. The van der Waals surface area contributed by atoms with E-state index in [0.717, 1.165) is 0 Å². The van der Waals surface area contributed by atoms with Gasteiger partial charge >= 0.3 is 6.03 Å². The quantitative estimate of drug-likeness (QED) is 0.717. The fourth-order valence-electron chi connectivity index (χ4n) is 2.38. The van der Waals surface area contributed by atoms with E-state index in [1.165, 1.54) is 4.90 Å². The van der Waals surface area contributed by atoms with Gasteiger partial charge in [0.15, 0.2) is 0 Å². The molecular formula is C11H18N2O3. The fourth-order valence-corrected chi connectivity index (χ4v) is 2.38. The smallest absolute Gasteiger partial charge is 0.324 e. The summed E-state index contributed by atoms with van der Waals surface area (Å²) in [4.78, 5) is 25.3. The van der Waals surface area contributed by atoms with Gasteiger partial charge in [-0.1, -0.05) is 0 Å². The molecule has 1 spiro atoms. The average molecular weight is 226 g/mol. The van der Waals surface area contributed by atoms with Gasteiger partial charge in [-0.25, -0.2) is 4.79 Å². The number of urea groups is 1. The van der Waals surface area contributed by atoms with Crippen LogP contribution in [0.25, 0.3) is 0 Å². The standard InChI is InChI=1S/C11H18N2O3/c1-8(2)13-9(14)11(7-12-10(13)15)3-5-16-6-4-11/h8H,3-7H2,1-2H3,(H,12,15). The van der Waals surface area contributed by atoms with Crippen molar-refractivity contribution in [3.63, 3.8) is 0 Å². The van der Waals surface area contributed by atoms with Crippen molar-refractivity contribution in [3.05, 3.63) is 0 Å². The summed E-state index contributed by atoms with van der Waals surface area (Å²) < 4.78 is 5.28. The van der Waals surface area contributed by atoms with Gasteiger partial charge in [-0.15, -0.1) is 0 Å². The van der Waals surface area contributed by atoms with Crippen LogP contribution in [0.4, 0.5) is 4.79 Å². The number of amides is 3. The van der Waals surface area contributed by atoms with Crippen LogP contribution in [0.2, 0.25) is 0 Å². The van der Waals surface area contributed by atoms with Gasteiger partial charge in [-0.2, -0.15) is 0 Å². The van der Waals surface area contributed by atoms with E-state index in [2.05, 4.69) is 5.32 Å². The summed E-state index contributed by atoms with van der Waals surface area (Å²) >= 11 is 0. The molecule has 2 saturated heterocycles. The molecule has 0 aromatic rings. The topological polar surface area (TPSA) is 58.6 Å². The molecule has 2 rings (SSSR count). The second-order valence-electron chi connectivity index (χ2n) is 4.82. The molecule has 0 aromatic carbocycles. The molecule has 0 unspecified atom stereocenters. The minimum atomic E-state index is -0.420. The van der Waals surface area contributed by atoms with Crippen LogP contribution in [-0.2, 0) is 9.53 Å². The lowest BCUT2D eigenvalue weighted by atomic mass is 9.77. The normalized spacial score (nSPS) is 25.1. The summed E-state index contributed by atoms with van der Waals surface area (Å²) in [5.41, 5.74) is -0.420. The maximum atomic E-state index is 12.4. The minimum Gasteiger partial charge on any atom is -0.381 e. The molecule has 5 heteroatoms. The van der Waals surface area contributed by atoms with Crippen molar-refractivity contribution >= 4 is 11.9 Å². The molecule has 2 fully saturated rings. The van der Waals surface area contributed by atoms with Gasteiger partial charge in [0.1, 0.15) is 0 Å². The summed E-state index contributed by atoms with van der Waals surface area (Å²) in [6, 6.07) is -0.357. The average Bonchev–Trinajstić information content (AvgIpc) is 2.26. The van der Waals surface area contributed by atoms with E-state index in [1.54, 1.807) is 0 Å². The lowest BCUT2D eigenvalue weighted by molar-refractivity contribution is -0.148. The number of imide groups is 1. The number of nitrogens with zero attached hydrogens (tertiary/aromatic N) is 1. The van der Waals surface area contributed by atoms with Crippen LogP contribution in [0.3, 0.4) is 0 Å². The first-order chi connectivity index (χ1) is 7.57. The zero-order valence-electron chi connectivity index (χ0n) is 9.78. The summed E-state index contributed by atoms with van der Waals surface area (Å²) in [6.07, 6.45) is 1.41. The van der Waals surface area contributed by atoms with Gasteiger partial charge in [0, 0.05) is 25.8 Å². The predicted molar refractivity (Wildman–Crippen MR) is 57.9 cm³/mol. The van der Waals surface area contributed by atoms with Gasteiger partial charge in [0.25, 0.3) is 0 Å². The summed E-state index contributed by atoms with van der Waals surface area (Å²) in [7, 11) is 0. The molecule has 0 aliphatic carbocycles. The van der Waals surface area contributed by atoms with Crippen LogP contribution >= 0.6 is 0 Å². The van der Waals surface area contributed by atoms with E-state index in [1.807, 2.05) is 13.8 Å². The highest BCUT2D eigenvalue weighted by atomic mass is 16.5. The SMILES string of the molecule is CC(C)N1C(=O)NCC2(CCOCC2)C1=O. The molecule has 3 amide bonds. The van der Waals surface area contributed by atoms with E-state index in [4.69, 9.17) is 4.74 Å². The Kier molecular flexibility index (Phi) is 2.88. The van der Waals surface area contributed by atoms with Crippen molar-refractivity contribution in [2.24, 2.45) is 5.41 Å². The Labute approximate surface area is 95.1 Å². The van der Waals surface area contributed by atoms with Crippen molar-refractivity contribution < 1.29 is 14.3 Å². The van der Waals surface area contributed by atoms with E-state index in [-0.39, 0.29) is 18.0 Å². The number of hydrogen-bond donors (Lipinski definition) is 1. The molecule has 0 aromatic heterocycles. The molecule has 0 atom stereocenters. The first kappa shape index (κ1) is 11.4. The minimum absolute atomic E-state index is 0.0328. The lowest BCUT2D eigenvalue weighted by Gasteiger charge is -2.44. The molecule has 1 N–H and O–H groups in total. The first-order valence-corrected chi connectivity index (χ1v) is 5.76. The van der Waals surface area contributed by atoms with Gasteiger partial charge < -0.3 is 10.1 Å². The number of carbonyl (C=O) groups excluding carboxylic acids is 2. The number of carbonyl (C=O) groups is 2. The molecule has 0 radical (unpaired) electrons. The monoisotopic (exact) mass is 226 g/mol. The third-order valence-corrected chi connectivity index (χ3v) is 3.44. The molecule has 0 bridgehead atoms. The second-order valence-corrected chi connectivity index (χ2v) is 4.82. The summed E-state index contributed by atoms with van der Waals surface area (Å²) in [6.45, 7) is 5.38. The molecule has 90 valence electrons. The fraction of sp³-hybridized carbons (Fsp3) is 0.818. The Morgan fingerprint density at radius 1 is 1.31 bits per heavy atom. The maximum absolute atomic E-state index is 12.4. The van der Waals surface area contributed by atoms with Crippen LogP contribution in [0, 0.1) is 5.41 Å². The largest absolute Gasteiger partial charge is 0.381 e. The highest BCUT2D eigenvalue weighted by Crippen LogP contribution is 2.34. The van der Waals surface area contributed by atoms with Crippen LogP contribution in [0.5, 0.6) is 0 Å². The van der Waals surface area contributed by atoms with E-state index in [9.17, 15) is 9.59 Å². The van der Waals surface area contributed by atoms with Crippen LogP contribution in [0.15, 0.2) is 0 Å². The number of ether oxygens (including phenoxy) is 1. The molecular weight excluding hydrogens is 208 g/mol. The predicted octanol–water partition coefficient (Wildman–Crippen LogP) is 0.743. The Balaban J connectivity index is 2.23. The van der Waals surface area contributed by atoms with Crippen molar-refractivity contribution in [2.45, 2.75) is 32.7 Å². The molecule has 2 aliphatic rings. The Hall–Kier alpha value is -1.10.